The molecule has 1 aromatic rings. The fourth-order valence-electron chi connectivity index (χ4n) is 2.91. The molecule has 2 rings (SSSR count). The molecule has 7 heteroatoms. The number of amides is 1. The van der Waals surface area contributed by atoms with E-state index < -0.39 is 0 Å². The average molecular weight is 332 g/mol. The predicted octanol–water partition coefficient (Wildman–Crippen LogP) is 0.858. The molecule has 24 heavy (non-hydrogen) atoms. The molecule has 1 aliphatic heterocycles. The Hall–Kier alpha value is -2.31. The minimum Gasteiger partial charge on any atom is -0.369 e. The number of carbonyl (C=O) groups is 1. The molecule has 1 fully saturated rings. The number of nitrogens with zero attached hydrogens (tertiary/aromatic N) is 3. The summed E-state index contributed by atoms with van der Waals surface area (Å²) in [6.45, 7) is 7.79. The number of nitrogens with two attached hydrogens (primary N) is 1. The van der Waals surface area contributed by atoms with Crippen LogP contribution in [0.5, 0.6) is 0 Å². The van der Waals surface area contributed by atoms with Gasteiger partial charge in [0.25, 0.3) is 0 Å². The van der Waals surface area contributed by atoms with E-state index in [1.54, 1.807) is 6.20 Å². The summed E-state index contributed by atoms with van der Waals surface area (Å²) in [7, 11) is 0. The average Bonchev–Trinajstić information content (AvgIpc) is 2.60. The summed E-state index contributed by atoms with van der Waals surface area (Å²) < 4.78 is 0. The molecule has 132 valence electrons. The number of rotatable bonds is 6. The van der Waals surface area contributed by atoms with Crippen molar-refractivity contribution in [3.8, 4) is 0 Å². The van der Waals surface area contributed by atoms with E-state index in [0.29, 0.717) is 13.1 Å². The molecule has 0 bridgehead atoms. The molecule has 7 nitrogen and oxygen atoms in total. The summed E-state index contributed by atoms with van der Waals surface area (Å²) in [5.41, 5.74) is 6.54. The SMILES string of the molecule is CCNC(=NCc1cccnc1N1CCCC(C(N)=O)C1)NCC. The fourth-order valence-corrected chi connectivity index (χ4v) is 2.91. The topological polar surface area (TPSA) is 95.6 Å². The number of aromatic nitrogens is 1. The monoisotopic (exact) mass is 332 g/mol. The normalized spacial score (nSPS) is 17.2. The third-order valence-electron chi connectivity index (χ3n) is 4.09. The summed E-state index contributed by atoms with van der Waals surface area (Å²) in [5, 5.41) is 6.44. The number of nitrogens with one attached hydrogen (secondary N) is 2. The number of primary amides is 1. The highest BCUT2D eigenvalue weighted by atomic mass is 16.1. The fraction of sp³-hybridized carbons (Fsp3) is 0.588. The zero-order valence-electron chi connectivity index (χ0n) is 14.6. The molecule has 0 aromatic carbocycles. The molecule has 1 aromatic heterocycles. The second-order valence-electron chi connectivity index (χ2n) is 5.90. The van der Waals surface area contributed by atoms with Crippen molar-refractivity contribution in [1.29, 1.82) is 0 Å². The van der Waals surface area contributed by atoms with E-state index in [1.807, 2.05) is 26.0 Å². The van der Waals surface area contributed by atoms with Gasteiger partial charge in [-0.25, -0.2) is 9.98 Å². The molecule has 1 amide bonds. The molecule has 1 atom stereocenters. The molecule has 4 N–H and O–H groups in total. The molecule has 0 radical (unpaired) electrons. The van der Waals surface area contributed by atoms with Gasteiger partial charge >= 0.3 is 0 Å². The first-order valence-corrected chi connectivity index (χ1v) is 8.66. The van der Waals surface area contributed by atoms with Crippen LogP contribution in [-0.4, -0.2) is 43.0 Å². The first-order chi connectivity index (χ1) is 11.7. The van der Waals surface area contributed by atoms with E-state index in [1.165, 1.54) is 0 Å². The standard InChI is InChI=1S/C17H28N6O/c1-3-19-17(20-4-2)22-11-13-7-5-9-21-16(13)23-10-6-8-14(12-23)15(18)24/h5,7,9,14H,3-4,6,8,10-12H2,1-2H3,(H2,18,24)(H2,19,20,22). The van der Waals surface area contributed by atoms with E-state index in [2.05, 4.69) is 25.5 Å². The quantitative estimate of drug-likeness (QED) is 0.530. The molecule has 0 spiro atoms. The number of guanidine groups is 1. The van der Waals surface area contributed by atoms with Crippen LogP contribution < -0.4 is 21.3 Å². The highest BCUT2D eigenvalue weighted by Crippen LogP contribution is 2.24. The summed E-state index contributed by atoms with van der Waals surface area (Å²) in [4.78, 5) is 22.8. The molecule has 1 aliphatic rings. The third-order valence-corrected chi connectivity index (χ3v) is 4.09. The summed E-state index contributed by atoms with van der Waals surface area (Å²) >= 11 is 0. The van der Waals surface area contributed by atoms with Gasteiger partial charge in [0.15, 0.2) is 5.96 Å². The van der Waals surface area contributed by atoms with Gasteiger partial charge in [0.05, 0.1) is 12.5 Å². The van der Waals surface area contributed by atoms with Crippen molar-refractivity contribution in [2.24, 2.45) is 16.6 Å². The number of hydrogen-bond acceptors (Lipinski definition) is 4. The van der Waals surface area contributed by atoms with Gasteiger partial charge in [-0.2, -0.15) is 0 Å². The number of carbonyl (C=O) groups excluding carboxylic acids is 1. The van der Waals surface area contributed by atoms with Crippen molar-refractivity contribution in [3.63, 3.8) is 0 Å². The van der Waals surface area contributed by atoms with Gasteiger partial charge in [-0.3, -0.25) is 4.79 Å². The predicted molar refractivity (Wildman–Crippen MR) is 96.9 cm³/mol. The lowest BCUT2D eigenvalue weighted by atomic mass is 9.97. The van der Waals surface area contributed by atoms with E-state index in [9.17, 15) is 4.79 Å². The molecular weight excluding hydrogens is 304 g/mol. The lowest BCUT2D eigenvalue weighted by Crippen LogP contribution is -2.42. The Bertz CT molecular complexity index is 566. The van der Waals surface area contributed by atoms with Gasteiger partial charge in [0.1, 0.15) is 5.82 Å². The van der Waals surface area contributed by atoms with E-state index in [4.69, 9.17) is 5.73 Å². The highest BCUT2D eigenvalue weighted by molar-refractivity contribution is 5.80. The highest BCUT2D eigenvalue weighted by Gasteiger charge is 2.25. The van der Waals surface area contributed by atoms with Crippen LogP contribution in [0.3, 0.4) is 0 Å². The zero-order valence-corrected chi connectivity index (χ0v) is 14.6. The first kappa shape index (κ1) is 18.0. The summed E-state index contributed by atoms with van der Waals surface area (Å²) in [6.07, 6.45) is 3.59. The van der Waals surface area contributed by atoms with Gasteiger partial charge < -0.3 is 21.3 Å². The van der Waals surface area contributed by atoms with Gasteiger partial charge in [-0.15, -0.1) is 0 Å². The number of pyridine rings is 1. The van der Waals surface area contributed by atoms with Crippen LogP contribution in [0.25, 0.3) is 0 Å². The second-order valence-corrected chi connectivity index (χ2v) is 5.90. The maximum Gasteiger partial charge on any atom is 0.222 e. The molecule has 1 unspecified atom stereocenters. The first-order valence-electron chi connectivity index (χ1n) is 8.66. The Balaban J connectivity index is 2.14. The van der Waals surface area contributed by atoms with Crippen molar-refractivity contribution in [2.75, 3.05) is 31.1 Å². The van der Waals surface area contributed by atoms with Gasteiger partial charge in [-0.05, 0) is 32.8 Å². The third kappa shape index (κ3) is 4.84. The Morgan fingerprint density at radius 1 is 1.42 bits per heavy atom. The largest absolute Gasteiger partial charge is 0.369 e. The van der Waals surface area contributed by atoms with E-state index in [-0.39, 0.29) is 11.8 Å². The summed E-state index contributed by atoms with van der Waals surface area (Å²) in [6, 6.07) is 3.96. The van der Waals surface area contributed by atoms with Crippen LogP contribution >= 0.6 is 0 Å². The minimum absolute atomic E-state index is 0.101. The maximum absolute atomic E-state index is 11.5. The Morgan fingerprint density at radius 2 is 2.17 bits per heavy atom. The van der Waals surface area contributed by atoms with Crippen LogP contribution in [-0.2, 0) is 11.3 Å². The molecule has 2 heterocycles. The van der Waals surface area contributed by atoms with Crippen molar-refractivity contribution in [3.05, 3.63) is 23.9 Å². The van der Waals surface area contributed by atoms with Crippen LogP contribution in [0, 0.1) is 5.92 Å². The number of aliphatic imine (C=N–C) groups is 1. The van der Waals surface area contributed by atoms with Crippen molar-refractivity contribution < 1.29 is 4.79 Å². The number of piperidine rings is 1. The Morgan fingerprint density at radius 3 is 2.83 bits per heavy atom. The van der Waals surface area contributed by atoms with Crippen LogP contribution in [0.2, 0.25) is 0 Å². The van der Waals surface area contributed by atoms with Crippen molar-refractivity contribution >= 4 is 17.7 Å². The maximum atomic E-state index is 11.5. The molecule has 0 saturated carbocycles. The molecule has 1 saturated heterocycles. The van der Waals surface area contributed by atoms with Gasteiger partial charge in [0, 0.05) is 37.9 Å². The van der Waals surface area contributed by atoms with Crippen molar-refractivity contribution in [1.82, 2.24) is 15.6 Å². The molecular formula is C17H28N6O. The lowest BCUT2D eigenvalue weighted by Gasteiger charge is -2.33. The zero-order chi connectivity index (χ0) is 17.4. The van der Waals surface area contributed by atoms with Crippen LogP contribution in [0.1, 0.15) is 32.3 Å². The van der Waals surface area contributed by atoms with E-state index >= 15 is 0 Å². The van der Waals surface area contributed by atoms with Crippen molar-refractivity contribution in [2.45, 2.75) is 33.2 Å². The summed E-state index contributed by atoms with van der Waals surface area (Å²) in [5.74, 6) is 1.37. The lowest BCUT2D eigenvalue weighted by molar-refractivity contribution is -0.122. The smallest absolute Gasteiger partial charge is 0.222 e. The second kappa shape index (κ2) is 9.10. The van der Waals surface area contributed by atoms with Crippen LogP contribution in [0.15, 0.2) is 23.3 Å². The van der Waals surface area contributed by atoms with Gasteiger partial charge in [-0.1, -0.05) is 6.07 Å². The van der Waals surface area contributed by atoms with Crippen LogP contribution in [0.4, 0.5) is 5.82 Å². The number of anilines is 1. The molecule has 0 aliphatic carbocycles. The van der Waals surface area contributed by atoms with Gasteiger partial charge in [0.2, 0.25) is 5.91 Å². The Labute approximate surface area is 143 Å². The minimum atomic E-state index is -0.225. The number of hydrogen-bond donors (Lipinski definition) is 3. The van der Waals surface area contributed by atoms with E-state index in [0.717, 1.165) is 49.8 Å². The Kier molecular flexibility index (Phi) is 6.84.